The van der Waals surface area contributed by atoms with Gasteiger partial charge in [0.1, 0.15) is 11.6 Å². The van der Waals surface area contributed by atoms with Crippen molar-refractivity contribution >= 4 is 17.2 Å². The van der Waals surface area contributed by atoms with Crippen LogP contribution in [-0.2, 0) is 18.6 Å². The number of nitrogens with one attached hydrogen (secondary N) is 1. The van der Waals surface area contributed by atoms with Gasteiger partial charge in [0.15, 0.2) is 0 Å². The Labute approximate surface area is 228 Å². The second-order valence-electron chi connectivity index (χ2n) is 9.60. The SMILES string of the molecule is Cc1cc(C)c(N2CC(=N)N(c3c(C)cc(C)cc3C)C2Oc2c(C)cccc2C)c(C)c1.[Cl-].[V+]. The molecule has 1 heterocycles. The molecule has 4 nitrogen and oxygen atoms in total. The molecule has 0 aliphatic carbocycles. The molecule has 1 unspecified atom stereocenters. The molecular weight excluding hydrogens is 493 g/mol. The van der Waals surface area contributed by atoms with Gasteiger partial charge < -0.3 is 22.0 Å². The standard InChI is InChI=1S/C29H35N3O.ClH.V/c1-17-12-21(5)26(22(6)13-17)31-16-25(30)32(27-23(7)14-18(2)15-24(27)8)29(31)33-28-19(3)10-9-11-20(28)4;;/h9-15,29-30H,16H2,1-8H3;1H;/q;;+1/p-1. The molecule has 184 valence electrons. The van der Waals surface area contributed by atoms with Crippen LogP contribution in [0.2, 0.25) is 0 Å². The fraction of sp³-hybridized carbons (Fsp3) is 0.345. The van der Waals surface area contributed by atoms with E-state index in [4.69, 9.17) is 10.1 Å². The summed E-state index contributed by atoms with van der Waals surface area (Å²) in [6, 6.07) is 15.0. The Kier molecular flexibility index (Phi) is 9.16. The van der Waals surface area contributed by atoms with Gasteiger partial charge in [0.25, 0.3) is 6.35 Å². The van der Waals surface area contributed by atoms with Gasteiger partial charge in [0, 0.05) is 5.69 Å². The summed E-state index contributed by atoms with van der Waals surface area (Å²) in [6.45, 7) is 17.5. The molecule has 1 fully saturated rings. The van der Waals surface area contributed by atoms with E-state index in [1.54, 1.807) is 0 Å². The second-order valence-corrected chi connectivity index (χ2v) is 9.60. The molecule has 0 bridgehead atoms. The van der Waals surface area contributed by atoms with Gasteiger partial charge in [-0.1, -0.05) is 53.6 Å². The third-order valence-electron chi connectivity index (χ3n) is 6.53. The second kappa shape index (κ2) is 11.1. The minimum Gasteiger partial charge on any atom is -1.00 e. The van der Waals surface area contributed by atoms with Crippen molar-refractivity contribution < 1.29 is 35.7 Å². The minimum atomic E-state index is -0.447. The van der Waals surface area contributed by atoms with Gasteiger partial charge in [0.05, 0.1) is 12.2 Å². The summed E-state index contributed by atoms with van der Waals surface area (Å²) in [5.41, 5.74) is 11.6. The van der Waals surface area contributed by atoms with Crippen molar-refractivity contribution in [2.45, 2.75) is 61.7 Å². The molecule has 0 amide bonds. The summed E-state index contributed by atoms with van der Waals surface area (Å²) in [4.78, 5) is 4.33. The van der Waals surface area contributed by atoms with E-state index >= 15 is 0 Å². The van der Waals surface area contributed by atoms with Crippen molar-refractivity contribution in [2.75, 3.05) is 16.3 Å². The van der Waals surface area contributed by atoms with Gasteiger partial charge >= 0.3 is 18.6 Å². The van der Waals surface area contributed by atoms with E-state index in [0.717, 1.165) is 39.4 Å². The zero-order chi connectivity index (χ0) is 24.0. The first kappa shape index (κ1) is 28.8. The molecule has 35 heavy (non-hydrogen) atoms. The van der Waals surface area contributed by atoms with Crippen molar-refractivity contribution in [3.8, 4) is 5.75 Å². The van der Waals surface area contributed by atoms with E-state index in [9.17, 15) is 0 Å². The van der Waals surface area contributed by atoms with E-state index in [1.165, 1.54) is 22.3 Å². The number of nitrogens with zero attached hydrogens (tertiary/aromatic N) is 2. The Balaban J connectivity index is 0.00000216. The van der Waals surface area contributed by atoms with Crippen molar-refractivity contribution in [1.82, 2.24) is 0 Å². The first-order valence-corrected chi connectivity index (χ1v) is 11.6. The predicted octanol–water partition coefficient (Wildman–Crippen LogP) is 3.82. The predicted molar refractivity (Wildman–Crippen MR) is 139 cm³/mol. The van der Waals surface area contributed by atoms with E-state index < -0.39 is 6.35 Å². The first-order chi connectivity index (χ1) is 15.6. The monoisotopic (exact) mass is 527 g/mol. The average molecular weight is 528 g/mol. The normalized spacial score (nSPS) is 15.1. The summed E-state index contributed by atoms with van der Waals surface area (Å²) in [6.07, 6.45) is -0.447. The van der Waals surface area contributed by atoms with Crippen LogP contribution in [0.1, 0.15) is 44.5 Å². The van der Waals surface area contributed by atoms with Crippen LogP contribution in [0.3, 0.4) is 0 Å². The number of benzene rings is 3. The van der Waals surface area contributed by atoms with E-state index in [-0.39, 0.29) is 31.0 Å². The van der Waals surface area contributed by atoms with Gasteiger partial charge in [-0.05, 0) is 88.8 Å². The quantitative estimate of drug-likeness (QED) is 0.561. The van der Waals surface area contributed by atoms with Crippen LogP contribution in [0.4, 0.5) is 11.4 Å². The Hall–Kier alpha value is -2.40. The number of anilines is 2. The summed E-state index contributed by atoms with van der Waals surface area (Å²) >= 11 is 0. The van der Waals surface area contributed by atoms with Crippen LogP contribution >= 0.6 is 0 Å². The number of rotatable bonds is 4. The largest absolute Gasteiger partial charge is 1.00 e. The van der Waals surface area contributed by atoms with Crippen LogP contribution in [-0.4, -0.2) is 18.7 Å². The molecule has 1 saturated heterocycles. The molecule has 1 atom stereocenters. The Bertz CT molecular complexity index is 1190. The smallest absolute Gasteiger partial charge is 1.00 e. The molecular formula is C29H35ClN3OV. The van der Waals surface area contributed by atoms with Crippen LogP contribution in [0.5, 0.6) is 5.75 Å². The third kappa shape index (κ3) is 5.40. The molecule has 0 spiro atoms. The van der Waals surface area contributed by atoms with Crippen molar-refractivity contribution in [1.29, 1.82) is 5.41 Å². The number of hydrogen-bond acceptors (Lipinski definition) is 3. The third-order valence-corrected chi connectivity index (χ3v) is 6.53. The van der Waals surface area contributed by atoms with Gasteiger partial charge in [-0.2, -0.15) is 0 Å². The molecule has 1 aliphatic rings. The maximum atomic E-state index is 9.06. The number of aryl methyl sites for hydroxylation is 8. The van der Waals surface area contributed by atoms with Gasteiger partial charge in [0.2, 0.25) is 0 Å². The molecule has 0 radical (unpaired) electrons. The Morgan fingerprint density at radius 2 is 1.14 bits per heavy atom. The number of ether oxygens (including phenoxy) is 1. The fourth-order valence-corrected chi connectivity index (χ4v) is 5.41. The van der Waals surface area contributed by atoms with Gasteiger partial charge in [-0.3, -0.25) is 10.3 Å². The van der Waals surface area contributed by atoms with Crippen molar-refractivity contribution in [2.24, 2.45) is 0 Å². The zero-order valence-corrected chi connectivity index (χ0v) is 24.1. The molecule has 4 rings (SSSR count). The molecule has 1 N–H and O–H groups in total. The number of halogens is 1. The maximum Gasteiger partial charge on any atom is 1.00 e. The summed E-state index contributed by atoms with van der Waals surface area (Å²) in [5.74, 6) is 1.43. The summed E-state index contributed by atoms with van der Waals surface area (Å²) in [5, 5.41) is 9.06. The maximum absolute atomic E-state index is 9.06. The fourth-order valence-electron chi connectivity index (χ4n) is 5.41. The summed E-state index contributed by atoms with van der Waals surface area (Å²) < 4.78 is 6.83. The zero-order valence-electron chi connectivity index (χ0n) is 22.0. The van der Waals surface area contributed by atoms with E-state index in [1.807, 2.05) is 0 Å². The van der Waals surface area contributed by atoms with E-state index in [0.29, 0.717) is 12.4 Å². The molecule has 0 aromatic heterocycles. The van der Waals surface area contributed by atoms with Crippen LogP contribution < -0.4 is 26.9 Å². The molecule has 1 aliphatic heterocycles. The Morgan fingerprint density at radius 1 is 0.714 bits per heavy atom. The van der Waals surface area contributed by atoms with Crippen LogP contribution in [0.25, 0.3) is 0 Å². The Morgan fingerprint density at radius 3 is 1.60 bits per heavy atom. The summed E-state index contributed by atoms with van der Waals surface area (Å²) in [7, 11) is 0. The molecule has 3 aromatic carbocycles. The molecule has 6 heteroatoms. The van der Waals surface area contributed by atoms with Gasteiger partial charge in [-0.25, -0.2) is 0 Å². The van der Waals surface area contributed by atoms with Crippen LogP contribution in [0.15, 0.2) is 42.5 Å². The minimum absolute atomic E-state index is 0. The molecule has 0 saturated carbocycles. The first-order valence-electron chi connectivity index (χ1n) is 11.6. The van der Waals surface area contributed by atoms with Gasteiger partial charge in [-0.15, -0.1) is 0 Å². The topological polar surface area (TPSA) is 39.6 Å². The van der Waals surface area contributed by atoms with Crippen LogP contribution in [0, 0.1) is 60.8 Å². The van der Waals surface area contributed by atoms with Crippen molar-refractivity contribution in [3.63, 3.8) is 0 Å². The number of amidine groups is 1. The van der Waals surface area contributed by atoms with E-state index in [2.05, 4.69) is 108 Å². The molecule has 3 aromatic rings. The number of hydrogen-bond donors (Lipinski definition) is 1. The number of para-hydroxylation sites is 1. The van der Waals surface area contributed by atoms with Crippen molar-refractivity contribution in [3.05, 3.63) is 87.0 Å². The average Bonchev–Trinajstić information content (AvgIpc) is 2.99.